The molecule has 31 heavy (non-hydrogen) atoms. The van der Waals surface area contributed by atoms with Crippen LogP contribution in [0.2, 0.25) is 0 Å². The SMILES string of the molecule is Cc1c(NC(=O)c2ccco2)cccc1C(=O)N1CCC(c2nc(C(C)C)no2)CC1. The van der Waals surface area contributed by atoms with Crippen molar-refractivity contribution >= 4 is 17.5 Å². The Kier molecular flexibility index (Phi) is 5.88. The smallest absolute Gasteiger partial charge is 0.291 e. The summed E-state index contributed by atoms with van der Waals surface area (Å²) in [5.74, 6) is 1.61. The van der Waals surface area contributed by atoms with Crippen LogP contribution in [-0.2, 0) is 0 Å². The maximum atomic E-state index is 13.2. The molecule has 1 aromatic carbocycles. The van der Waals surface area contributed by atoms with Crippen molar-refractivity contribution in [3.8, 4) is 0 Å². The fraction of sp³-hybridized carbons (Fsp3) is 0.391. The molecule has 1 fully saturated rings. The first-order chi connectivity index (χ1) is 14.9. The van der Waals surface area contributed by atoms with Crippen molar-refractivity contribution < 1.29 is 18.5 Å². The van der Waals surface area contributed by atoms with Gasteiger partial charge in [0.1, 0.15) is 0 Å². The van der Waals surface area contributed by atoms with Crippen LogP contribution in [0.5, 0.6) is 0 Å². The van der Waals surface area contributed by atoms with E-state index in [1.54, 1.807) is 30.3 Å². The summed E-state index contributed by atoms with van der Waals surface area (Å²) in [6, 6.07) is 8.59. The molecule has 2 aromatic heterocycles. The first-order valence-corrected chi connectivity index (χ1v) is 10.5. The highest BCUT2D eigenvalue weighted by molar-refractivity contribution is 6.04. The molecule has 3 aromatic rings. The molecule has 0 bridgehead atoms. The van der Waals surface area contributed by atoms with Crippen LogP contribution in [0, 0.1) is 6.92 Å². The Bertz CT molecular complexity index is 1060. The van der Waals surface area contributed by atoms with Gasteiger partial charge >= 0.3 is 0 Å². The summed E-state index contributed by atoms with van der Waals surface area (Å²) in [5.41, 5.74) is 1.90. The maximum Gasteiger partial charge on any atom is 0.291 e. The molecule has 0 radical (unpaired) electrons. The Morgan fingerprint density at radius 1 is 1.16 bits per heavy atom. The van der Waals surface area contributed by atoms with Gasteiger partial charge < -0.3 is 19.2 Å². The van der Waals surface area contributed by atoms with Crippen molar-refractivity contribution in [1.82, 2.24) is 15.0 Å². The number of benzene rings is 1. The van der Waals surface area contributed by atoms with Crippen molar-refractivity contribution in [1.29, 1.82) is 0 Å². The number of hydrogen-bond acceptors (Lipinski definition) is 6. The van der Waals surface area contributed by atoms with Crippen molar-refractivity contribution in [2.45, 2.75) is 45.4 Å². The van der Waals surface area contributed by atoms with Crippen LogP contribution >= 0.6 is 0 Å². The largest absolute Gasteiger partial charge is 0.459 e. The summed E-state index contributed by atoms with van der Waals surface area (Å²) in [7, 11) is 0. The van der Waals surface area contributed by atoms with E-state index in [2.05, 4.69) is 15.5 Å². The molecule has 1 N–H and O–H groups in total. The summed E-state index contributed by atoms with van der Waals surface area (Å²) in [6.45, 7) is 7.13. The minimum absolute atomic E-state index is 0.0431. The van der Waals surface area contributed by atoms with E-state index in [4.69, 9.17) is 8.94 Å². The molecule has 162 valence electrons. The van der Waals surface area contributed by atoms with Gasteiger partial charge in [0.05, 0.1) is 6.26 Å². The number of furan rings is 1. The normalized spacial score (nSPS) is 14.8. The lowest BCUT2D eigenvalue weighted by Gasteiger charge is -2.31. The topological polar surface area (TPSA) is 101 Å². The van der Waals surface area contributed by atoms with Crippen LogP contribution in [0.1, 0.15) is 76.7 Å². The minimum atomic E-state index is -0.348. The molecule has 4 rings (SSSR count). The number of carbonyl (C=O) groups excluding carboxylic acids is 2. The second kappa shape index (κ2) is 8.75. The van der Waals surface area contributed by atoms with E-state index in [0.717, 1.165) is 24.2 Å². The third kappa shape index (κ3) is 4.38. The lowest BCUT2D eigenvalue weighted by molar-refractivity contribution is 0.0703. The van der Waals surface area contributed by atoms with Gasteiger partial charge in [-0.1, -0.05) is 25.1 Å². The van der Waals surface area contributed by atoms with Crippen LogP contribution in [-0.4, -0.2) is 39.9 Å². The molecule has 1 aliphatic rings. The molecule has 0 atom stereocenters. The highest BCUT2D eigenvalue weighted by atomic mass is 16.5. The van der Waals surface area contributed by atoms with Crippen LogP contribution in [0.15, 0.2) is 45.5 Å². The number of rotatable bonds is 5. The third-order valence-electron chi connectivity index (χ3n) is 5.66. The minimum Gasteiger partial charge on any atom is -0.459 e. The molecule has 1 saturated heterocycles. The zero-order valence-electron chi connectivity index (χ0n) is 17.9. The van der Waals surface area contributed by atoms with E-state index in [0.29, 0.717) is 30.2 Å². The van der Waals surface area contributed by atoms with Crippen molar-refractivity contribution in [2.75, 3.05) is 18.4 Å². The van der Waals surface area contributed by atoms with E-state index in [9.17, 15) is 9.59 Å². The maximum absolute atomic E-state index is 13.2. The van der Waals surface area contributed by atoms with Gasteiger partial charge in [0.15, 0.2) is 11.6 Å². The molecule has 8 heteroatoms. The molecular weight excluding hydrogens is 396 g/mol. The molecule has 0 spiro atoms. The van der Waals surface area contributed by atoms with Gasteiger partial charge in [0.2, 0.25) is 5.89 Å². The number of nitrogens with one attached hydrogen (secondary N) is 1. The zero-order valence-corrected chi connectivity index (χ0v) is 17.9. The van der Waals surface area contributed by atoms with E-state index < -0.39 is 0 Å². The molecule has 3 heterocycles. The number of nitrogens with zero attached hydrogens (tertiary/aromatic N) is 3. The van der Waals surface area contributed by atoms with Gasteiger partial charge in [-0.15, -0.1) is 0 Å². The summed E-state index contributed by atoms with van der Waals surface area (Å²) in [4.78, 5) is 31.8. The third-order valence-corrected chi connectivity index (χ3v) is 5.66. The molecule has 0 unspecified atom stereocenters. The van der Waals surface area contributed by atoms with E-state index >= 15 is 0 Å². The number of aromatic nitrogens is 2. The van der Waals surface area contributed by atoms with Gasteiger partial charge in [-0.3, -0.25) is 9.59 Å². The standard InChI is InChI=1S/C23H26N4O4/c1-14(2)20-25-22(31-26-20)16-9-11-27(12-10-16)23(29)17-6-4-7-18(15(17)3)24-21(28)19-8-5-13-30-19/h4-8,13-14,16H,9-12H2,1-3H3,(H,24,28). The van der Waals surface area contributed by atoms with Crippen LogP contribution in [0.4, 0.5) is 5.69 Å². The zero-order chi connectivity index (χ0) is 22.0. The van der Waals surface area contributed by atoms with Crippen LogP contribution in [0.25, 0.3) is 0 Å². The number of hydrogen-bond donors (Lipinski definition) is 1. The summed E-state index contributed by atoms with van der Waals surface area (Å²) in [5, 5.41) is 6.87. The first-order valence-electron chi connectivity index (χ1n) is 10.5. The predicted octanol–water partition coefficient (Wildman–Crippen LogP) is 4.37. The number of anilines is 1. The van der Waals surface area contributed by atoms with Gasteiger partial charge in [-0.05, 0) is 49.6 Å². The van der Waals surface area contributed by atoms with E-state index in [1.807, 2.05) is 25.7 Å². The number of amides is 2. The van der Waals surface area contributed by atoms with Crippen LogP contribution < -0.4 is 5.32 Å². The highest BCUT2D eigenvalue weighted by Gasteiger charge is 2.29. The van der Waals surface area contributed by atoms with E-state index in [1.165, 1.54) is 6.26 Å². The Hall–Kier alpha value is -3.42. The molecule has 0 saturated carbocycles. The van der Waals surface area contributed by atoms with Crippen molar-refractivity contribution in [3.05, 3.63) is 65.2 Å². The van der Waals surface area contributed by atoms with Gasteiger partial charge in [0.25, 0.3) is 11.8 Å². The molecule has 0 aliphatic carbocycles. The molecule has 1 aliphatic heterocycles. The lowest BCUT2D eigenvalue weighted by atomic mass is 9.95. The summed E-state index contributed by atoms with van der Waals surface area (Å²) < 4.78 is 10.6. The first kappa shape index (κ1) is 20.8. The lowest BCUT2D eigenvalue weighted by Crippen LogP contribution is -2.38. The fourth-order valence-corrected chi connectivity index (χ4v) is 3.74. The Morgan fingerprint density at radius 3 is 2.58 bits per heavy atom. The average Bonchev–Trinajstić information content (AvgIpc) is 3.47. The van der Waals surface area contributed by atoms with Crippen molar-refractivity contribution in [3.63, 3.8) is 0 Å². The van der Waals surface area contributed by atoms with Crippen LogP contribution in [0.3, 0.4) is 0 Å². The Morgan fingerprint density at radius 2 is 1.94 bits per heavy atom. The molecular formula is C23H26N4O4. The average molecular weight is 422 g/mol. The number of piperidine rings is 1. The van der Waals surface area contributed by atoms with Gasteiger partial charge in [0, 0.05) is 36.2 Å². The predicted molar refractivity (Wildman–Crippen MR) is 114 cm³/mol. The van der Waals surface area contributed by atoms with Gasteiger partial charge in [-0.2, -0.15) is 4.98 Å². The quantitative estimate of drug-likeness (QED) is 0.655. The van der Waals surface area contributed by atoms with Crippen molar-refractivity contribution in [2.24, 2.45) is 0 Å². The number of carbonyl (C=O) groups is 2. The number of likely N-dealkylation sites (tertiary alicyclic amines) is 1. The second-order valence-electron chi connectivity index (χ2n) is 8.12. The summed E-state index contributed by atoms with van der Waals surface area (Å²) in [6.07, 6.45) is 3.00. The summed E-state index contributed by atoms with van der Waals surface area (Å²) >= 11 is 0. The van der Waals surface area contributed by atoms with Gasteiger partial charge in [-0.25, -0.2) is 0 Å². The highest BCUT2D eigenvalue weighted by Crippen LogP contribution is 2.29. The molecule has 2 amide bonds. The Labute approximate surface area is 180 Å². The molecule has 8 nitrogen and oxygen atoms in total. The fourth-order valence-electron chi connectivity index (χ4n) is 3.74. The van der Waals surface area contributed by atoms with E-state index in [-0.39, 0.29) is 29.4 Å². The monoisotopic (exact) mass is 422 g/mol. The Balaban J connectivity index is 1.42. The second-order valence-corrected chi connectivity index (χ2v) is 8.12.